The minimum Gasteiger partial charge on any atom is -0.394 e. The standard InChI is InChI=1S/C23H40N2O2/c1-22-11-9-17(26)15-16(22)5-6-18-19-7-8-21(24-27-14-13-25(3)4)23(19,2)12-10-20(18)22/h16-20,26H,5-15H2,1-4H3/b24-21+/t16-,17+,18-,19-,20-,22-,23-/m0/s1. The summed E-state index contributed by atoms with van der Waals surface area (Å²) >= 11 is 0. The van der Waals surface area contributed by atoms with Gasteiger partial charge in [0.25, 0.3) is 0 Å². The van der Waals surface area contributed by atoms with Crippen molar-refractivity contribution >= 4 is 5.71 Å². The molecule has 0 aromatic carbocycles. The van der Waals surface area contributed by atoms with E-state index in [-0.39, 0.29) is 11.5 Å². The lowest BCUT2D eigenvalue weighted by atomic mass is 9.45. The highest BCUT2D eigenvalue weighted by molar-refractivity contribution is 5.92. The van der Waals surface area contributed by atoms with Crippen molar-refractivity contribution in [2.24, 2.45) is 39.7 Å². The second kappa shape index (κ2) is 7.33. The summed E-state index contributed by atoms with van der Waals surface area (Å²) in [7, 11) is 4.15. The Bertz CT molecular complexity index is 577. The maximum Gasteiger partial charge on any atom is 0.129 e. The quantitative estimate of drug-likeness (QED) is 0.587. The number of fused-ring (bicyclic) bond motifs is 5. The first-order chi connectivity index (χ1) is 12.8. The maximum atomic E-state index is 10.2. The van der Waals surface area contributed by atoms with Crippen molar-refractivity contribution in [1.29, 1.82) is 0 Å². The van der Waals surface area contributed by atoms with Gasteiger partial charge in [-0.05, 0) is 101 Å². The van der Waals surface area contributed by atoms with E-state index in [1.807, 2.05) is 0 Å². The molecule has 154 valence electrons. The van der Waals surface area contributed by atoms with Crippen LogP contribution in [0.5, 0.6) is 0 Å². The average molecular weight is 377 g/mol. The zero-order chi connectivity index (χ0) is 19.2. The fraction of sp³-hybridized carbons (Fsp3) is 0.957. The zero-order valence-corrected chi connectivity index (χ0v) is 17.9. The molecular weight excluding hydrogens is 336 g/mol. The summed E-state index contributed by atoms with van der Waals surface area (Å²) in [5.74, 6) is 3.25. The minimum absolute atomic E-state index is 0.0435. The van der Waals surface area contributed by atoms with Crippen molar-refractivity contribution in [3.63, 3.8) is 0 Å². The number of likely N-dealkylation sites (N-methyl/N-ethyl adjacent to an activating group) is 1. The lowest BCUT2D eigenvalue weighted by molar-refractivity contribution is -0.114. The Kier molecular flexibility index (Phi) is 5.35. The SMILES string of the molecule is CN(C)CCO/N=C1\CC[C@H]2[C@@H]3CC[C@H]4C[C@H](O)CC[C@]4(C)[C@H]3CC[C@]12C. The van der Waals surface area contributed by atoms with Gasteiger partial charge in [0.1, 0.15) is 6.61 Å². The smallest absolute Gasteiger partial charge is 0.129 e. The first-order valence-corrected chi connectivity index (χ1v) is 11.4. The topological polar surface area (TPSA) is 45.1 Å². The summed E-state index contributed by atoms with van der Waals surface area (Å²) in [4.78, 5) is 7.86. The van der Waals surface area contributed by atoms with E-state index >= 15 is 0 Å². The molecule has 0 bridgehead atoms. The molecule has 4 heteroatoms. The van der Waals surface area contributed by atoms with Crippen LogP contribution in [0, 0.1) is 34.5 Å². The van der Waals surface area contributed by atoms with Crippen LogP contribution in [0.4, 0.5) is 0 Å². The lowest BCUT2D eigenvalue weighted by Crippen LogP contribution is -2.54. The van der Waals surface area contributed by atoms with Gasteiger partial charge in [0.2, 0.25) is 0 Å². The summed E-state index contributed by atoms with van der Waals surface area (Å²) < 4.78 is 0. The van der Waals surface area contributed by atoms with Crippen LogP contribution in [0.15, 0.2) is 5.16 Å². The van der Waals surface area contributed by atoms with Crippen LogP contribution in [0.3, 0.4) is 0 Å². The highest BCUT2D eigenvalue weighted by Gasteiger charge is 2.59. The van der Waals surface area contributed by atoms with Gasteiger partial charge < -0.3 is 14.8 Å². The van der Waals surface area contributed by atoms with E-state index in [9.17, 15) is 5.11 Å². The average Bonchev–Trinajstić information content (AvgIpc) is 2.96. The molecule has 0 aromatic heterocycles. The number of rotatable bonds is 4. The molecule has 4 aliphatic rings. The van der Waals surface area contributed by atoms with Crippen LogP contribution in [0.2, 0.25) is 0 Å². The molecule has 1 N–H and O–H groups in total. The van der Waals surface area contributed by atoms with Crippen LogP contribution in [-0.2, 0) is 4.84 Å². The van der Waals surface area contributed by atoms with Crippen LogP contribution in [-0.4, -0.2) is 49.1 Å². The third-order valence-electron chi connectivity index (χ3n) is 9.18. The Balaban J connectivity index is 1.48. The summed E-state index contributed by atoms with van der Waals surface area (Å²) in [5, 5.41) is 14.8. The van der Waals surface area contributed by atoms with E-state index in [0.717, 1.165) is 49.5 Å². The predicted octanol–water partition coefficient (Wildman–Crippen LogP) is 4.32. The van der Waals surface area contributed by atoms with Crippen molar-refractivity contribution in [2.75, 3.05) is 27.2 Å². The zero-order valence-electron chi connectivity index (χ0n) is 17.9. The monoisotopic (exact) mass is 376 g/mol. The fourth-order valence-electron chi connectivity index (χ4n) is 7.52. The normalized spacial score (nSPS) is 48.2. The van der Waals surface area contributed by atoms with Gasteiger partial charge in [0, 0.05) is 12.0 Å². The van der Waals surface area contributed by atoms with Gasteiger partial charge >= 0.3 is 0 Å². The van der Waals surface area contributed by atoms with Crippen molar-refractivity contribution in [1.82, 2.24) is 4.90 Å². The molecule has 0 radical (unpaired) electrons. The van der Waals surface area contributed by atoms with Crippen LogP contribution in [0.25, 0.3) is 0 Å². The highest BCUT2D eigenvalue weighted by atomic mass is 16.6. The molecule has 4 saturated carbocycles. The Morgan fingerprint density at radius 3 is 2.67 bits per heavy atom. The van der Waals surface area contributed by atoms with Gasteiger partial charge in [0.15, 0.2) is 0 Å². The van der Waals surface area contributed by atoms with Crippen LogP contribution < -0.4 is 0 Å². The van der Waals surface area contributed by atoms with Crippen molar-refractivity contribution < 1.29 is 9.94 Å². The largest absolute Gasteiger partial charge is 0.394 e. The molecule has 0 heterocycles. The van der Waals surface area contributed by atoms with Gasteiger partial charge in [-0.25, -0.2) is 0 Å². The molecule has 4 aliphatic carbocycles. The van der Waals surface area contributed by atoms with Gasteiger partial charge in [-0.1, -0.05) is 19.0 Å². The number of oxime groups is 1. The Morgan fingerprint density at radius 2 is 1.89 bits per heavy atom. The summed E-state index contributed by atoms with van der Waals surface area (Å²) in [6.45, 7) is 6.66. The molecule has 0 unspecified atom stereocenters. The first-order valence-electron chi connectivity index (χ1n) is 11.4. The van der Waals surface area contributed by atoms with Crippen LogP contribution in [0.1, 0.15) is 71.6 Å². The molecule has 0 amide bonds. The number of aliphatic hydroxyl groups excluding tert-OH is 1. The molecule has 27 heavy (non-hydrogen) atoms. The van der Waals surface area contributed by atoms with Gasteiger partial charge in [0.05, 0.1) is 11.8 Å². The molecule has 7 atom stereocenters. The summed E-state index contributed by atoms with van der Waals surface area (Å²) in [5.41, 5.74) is 2.07. The van der Waals surface area contributed by atoms with Crippen molar-refractivity contribution in [2.45, 2.75) is 77.7 Å². The molecule has 0 aliphatic heterocycles. The molecule has 0 aromatic rings. The third-order valence-corrected chi connectivity index (χ3v) is 9.18. The Hall–Kier alpha value is -0.610. The Labute approximate surface area is 165 Å². The van der Waals surface area contributed by atoms with E-state index in [4.69, 9.17) is 4.84 Å². The van der Waals surface area contributed by atoms with Gasteiger partial charge in [-0.2, -0.15) is 0 Å². The second-order valence-corrected chi connectivity index (χ2v) is 10.8. The van der Waals surface area contributed by atoms with E-state index in [1.54, 1.807) is 0 Å². The molecule has 4 nitrogen and oxygen atoms in total. The van der Waals surface area contributed by atoms with Gasteiger partial charge in [-0.3, -0.25) is 0 Å². The van der Waals surface area contributed by atoms with E-state index in [1.165, 1.54) is 44.2 Å². The molecule has 4 rings (SSSR count). The molecule has 0 spiro atoms. The lowest BCUT2D eigenvalue weighted by Gasteiger charge is -2.60. The molecular formula is C23H40N2O2. The third kappa shape index (κ3) is 3.35. The van der Waals surface area contributed by atoms with E-state index in [2.05, 4.69) is 38.0 Å². The number of hydrogen-bond donors (Lipinski definition) is 1. The number of nitrogens with zero attached hydrogens (tertiary/aromatic N) is 2. The molecule has 4 fully saturated rings. The number of hydrogen-bond acceptors (Lipinski definition) is 4. The van der Waals surface area contributed by atoms with Crippen molar-refractivity contribution in [3.05, 3.63) is 0 Å². The van der Waals surface area contributed by atoms with Crippen LogP contribution >= 0.6 is 0 Å². The predicted molar refractivity (Wildman–Crippen MR) is 110 cm³/mol. The summed E-state index contributed by atoms with van der Waals surface area (Å²) in [6, 6.07) is 0. The molecule has 0 saturated heterocycles. The van der Waals surface area contributed by atoms with Crippen molar-refractivity contribution in [3.8, 4) is 0 Å². The highest BCUT2D eigenvalue weighted by Crippen LogP contribution is 2.65. The Morgan fingerprint density at radius 1 is 1.07 bits per heavy atom. The number of aliphatic hydroxyl groups is 1. The fourth-order valence-corrected chi connectivity index (χ4v) is 7.52. The minimum atomic E-state index is -0.0435. The van der Waals surface area contributed by atoms with E-state index < -0.39 is 0 Å². The van der Waals surface area contributed by atoms with Gasteiger partial charge in [-0.15, -0.1) is 0 Å². The first kappa shape index (κ1) is 19.7. The van der Waals surface area contributed by atoms with E-state index in [0.29, 0.717) is 12.0 Å². The second-order valence-electron chi connectivity index (χ2n) is 10.8. The summed E-state index contributed by atoms with van der Waals surface area (Å²) in [6.07, 6.45) is 11.0. The maximum absolute atomic E-state index is 10.2.